The predicted molar refractivity (Wildman–Crippen MR) is 121 cm³/mol. The highest BCUT2D eigenvalue weighted by molar-refractivity contribution is 7.99. The second-order valence-corrected chi connectivity index (χ2v) is 8.64. The van der Waals surface area contributed by atoms with E-state index < -0.39 is 0 Å². The van der Waals surface area contributed by atoms with E-state index in [1.54, 1.807) is 18.9 Å². The SMILES string of the molecule is COc1ccc(CCNC(=O)CC2CC(=O)NC(SCc3cccc(Cl)c3)N2)cc1. The molecule has 2 amide bonds. The summed E-state index contributed by atoms with van der Waals surface area (Å²) in [7, 11) is 1.63. The molecule has 6 nitrogen and oxygen atoms in total. The third-order valence-corrected chi connectivity index (χ3v) is 6.07. The molecule has 8 heteroatoms. The number of carbonyl (C=O) groups is 2. The van der Waals surface area contributed by atoms with Gasteiger partial charge in [0, 0.05) is 36.2 Å². The monoisotopic (exact) mass is 447 g/mol. The Morgan fingerprint density at radius 3 is 2.77 bits per heavy atom. The zero-order chi connectivity index (χ0) is 21.3. The van der Waals surface area contributed by atoms with Crippen molar-refractivity contribution < 1.29 is 14.3 Å². The number of ether oxygens (including phenoxy) is 1. The Hall–Kier alpha value is -2.22. The van der Waals surface area contributed by atoms with Gasteiger partial charge in [-0.15, -0.1) is 11.8 Å². The van der Waals surface area contributed by atoms with Crippen LogP contribution >= 0.6 is 23.4 Å². The first kappa shape index (κ1) is 22.5. The van der Waals surface area contributed by atoms with Crippen LogP contribution in [-0.2, 0) is 21.8 Å². The number of rotatable bonds is 9. The molecule has 0 radical (unpaired) electrons. The molecule has 1 fully saturated rings. The van der Waals surface area contributed by atoms with Gasteiger partial charge in [0.25, 0.3) is 0 Å². The van der Waals surface area contributed by atoms with Gasteiger partial charge in [-0.2, -0.15) is 0 Å². The number of halogens is 1. The molecule has 3 N–H and O–H groups in total. The fourth-order valence-electron chi connectivity index (χ4n) is 3.21. The van der Waals surface area contributed by atoms with Gasteiger partial charge in [0.05, 0.1) is 7.11 Å². The molecular formula is C22H26ClN3O3S. The van der Waals surface area contributed by atoms with E-state index in [4.69, 9.17) is 16.3 Å². The van der Waals surface area contributed by atoms with Crippen LogP contribution in [0.2, 0.25) is 5.02 Å². The molecular weight excluding hydrogens is 422 g/mol. The lowest BCUT2D eigenvalue weighted by atomic mass is 10.1. The highest BCUT2D eigenvalue weighted by Crippen LogP contribution is 2.21. The van der Waals surface area contributed by atoms with Crippen molar-refractivity contribution in [3.63, 3.8) is 0 Å². The Morgan fingerprint density at radius 1 is 1.23 bits per heavy atom. The lowest BCUT2D eigenvalue weighted by Gasteiger charge is -2.31. The van der Waals surface area contributed by atoms with Gasteiger partial charge in [0.2, 0.25) is 11.8 Å². The van der Waals surface area contributed by atoms with Crippen molar-refractivity contribution in [1.29, 1.82) is 0 Å². The van der Waals surface area contributed by atoms with E-state index in [1.807, 2.05) is 48.5 Å². The minimum absolute atomic E-state index is 0.0478. The van der Waals surface area contributed by atoms with Crippen LogP contribution in [0.1, 0.15) is 24.0 Å². The summed E-state index contributed by atoms with van der Waals surface area (Å²) in [6, 6.07) is 15.2. The van der Waals surface area contributed by atoms with Gasteiger partial charge < -0.3 is 15.4 Å². The third kappa shape index (κ3) is 7.23. The summed E-state index contributed by atoms with van der Waals surface area (Å²) < 4.78 is 5.14. The molecule has 3 rings (SSSR count). The Kier molecular flexibility index (Phi) is 8.42. The lowest BCUT2D eigenvalue weighted by molar-refractivity contribution is -0.125. The zero-order valence-electron chi connectivity index (χ0n) is 16.8. The van der Waals surface area contributed by atoms with Crippen LogP contribution in [0.4, 0.5) is 0 Å². The van der Waals surface area contributed by atoms with Crippen LogP contribution in [-0.4, -0.2) is 37.0 Å². The van der Waals surface area contributed by atoms with Crippen molar-refractivity contribution in [3.05, 3.63) is 64.7 Å². The molecule has 1 saturated heterocycles. The van der Waals surface area contributed by atoms with Crippen molar-refractivity contribution in [1.82, 2.24) is 16.0 Å². The molecule has 0 spiro atoms. The van der Waals surface area contributed by atoms with Crippen molar-refractivity contribution in [2.75, 3.05) is 13.7 Å². The minimum Gasteiger partial charge on any atom is -0.497 e. The number of hydrogen-bond acceptors (Lipinski definition) is 5. The van der Waals surface area contributed by atoms with E-state index in [1.165, 1.54) is 0 Å². The lowest BCUT2D eigenvalue weighted by Crippen LogP contribution is -2.55. The summed E-state index contributed by atoms with van der Waals surface area (Å²) in [5.41, 5.74) is 1.98. The zero-order valence-corrected chi connectivity index (χ0v) is 18.4. The van der Waals surface area contributed by atoms with E-state index in [0.29, 0.717) is 23.7 Å². The number of amides is 2. The van der Waals surface area contributed by atoms with Gasteiger partial charge in [0.15, 0.2) is 0 Å². The summed E-state index contributed by atoms with van der Waals surface area (Å²) in [6.07, 6.45) is 1.30. The maximum atomic E-state index is 12.3. The van der Waals surface area contributed by atoms with Crippen LogP contribution in [0.25, 0.3) is 0 Å². The van der Waals surface area contributed by atoms with E-state index >= 15 is 0 Å². The van der Waals surface area contributed by atoms with Crippen molar-refractivity contribution in [2.45, 2.75) is 36.6 Å². The minimum atomic E-state index is -0.234. The molecule has 1 aliphatic rings. The van der Waals surface area contributed by atoms with Crippen molar-refractivity contribution >= 4 is 35.2 Å². The fraction of sp³-hybridized carbons (Fsp3) is 0.364. The quantitative estimate of drug-likeness (QED) is 0.550. The Morgan fingerprint density at radius 2 is 2.03 bits per heavy atom. The Labute approximate surface area is 186 Å². The summed E-state index contributed by atoms with van der Waals surface area (Å²) in [4.78, 5) is 24.4. The van der Waals surface area contributed by atoms with E-state index in [0.717, 1.165) is 23.3 Å². The van der Waals surface area contributed by atoms with Gasteiger partial charge in [-0.25, -0.2) is 0 Å². The normalized spacial score (nSPS) is 18.5. The molecule has 2 aromatic carbocycles. The molecule has 0 aliphatic carbocycles. The molecule has 2 atom stereocenters. The first-order chi connectivity index (χ1) is 14.5. The smallest absolute Gasteiger partial charge is 0.223 e. The summed E-state index contributed by atoms with van der Waals surface area (Å²) in [6.45, 7) is 0.553. The molecule has 1 heterocycles. The number of nitrogens with one attached hydrogen (secondary N) is 3. The maximum absolute atomic E-state index is 12.3. The van der Waals surface area contributed by atoms with E-state index in [-0.39, 0.29) is 29.8 Å². The molecule has 0 bridgehead atoms. The third-order valence-electron chi connectivity index (χ3n) is 4.74. The molecule has 0 aromatic heterocycles. The van der Waals surface area contributed by atoms with Crippen LogP contribution < -0.4 is 20.7 Å². The van der Waals surface area contributed by atoms with E-state index in [2.05, 4.69) is 16.0 Å². The van der Waals surface area contributed by atoms with Crippen LogP contribution in [0.15, 0.2) is 48.5 Å². The predicted octanol–water partition coefficient (Wildman–Crippen LogP) is 3.09. The number of hydrogen-bond donors (Lipinski definition) is 3. The standard InChI is InChI=1S/C22H26ClN3O3S/c1-29-19-7-5-15(6-8-19)9-10-24-20(27)12-18-13-21(28)26-22(25-18)30-14-16-3-2-4-17(23)11-16/h2-8,11,18,22,25H,9-10,12-14H2,1H3,(H,24,27)(H,26,28). The van der Waals surface area contributed by atoms with Gasteiger partial charge in [-0.3, -0.25) is 14.9 Å². The second kappa shape index (κ2) is 11.2. The van der Waals surface area contributed by atoms with Gasteiger partial charge >= 0.3 is 0 Å². The number of thioether (sulfide) groups is 1. The molecule has 30 heavy (non-hydrogen) atoms. The maximum Gasteiger partial charge on any atom is 0.223 e. The van der Waals surface area contributed by atoms with Crippen molar-refractivity contribution in [2.24, 2.45) is 0 Å². The van der Waals surface area contributed by atoms with Crippen molar-refractivity contribution in [3.8, 4) is 5.75 Å². The largest absolute Gasteiger partial charge is 0.497 e. The van der Waals surface area contributed by atoms with Gasteiger partial charge in [-0.05, 0) is 41.8 Å². The molecule has 2 unspecified atom stereocenters. The summed E-state index contributed by atoms with van der Waals surface area (Å²) >= 11 is 7.59. The van der Waals surface area contributed by atoms with Crippen LogP contribution in [0, 0.1) is 0 Å². The number of benzene rings is 2. The average molecular weight is 448 g/mol. The first-order valence-electron chi connectivity index (χ1n) is 9.83. The fourth-order valence-corrected chi connectivity index (χ4v) is 4.46. The Balaban J connectivity index is 1.40. The van der Waals surface area contributed by atoms with E-state index in [9.17, 15) is 9.59 Å². The van der Waals surface area contributed by atoms with Crippen LogP contribution in [0.5, 0.6) is 5.75 Å². The van der Waals surface area contributed by atoms with Crippen LogP contribution in [0.3, 0.4) is 0 Å². The molecule has 160 valence electrons. The number of carbonyl (C=O) groups excluding carboxylic acids is 2. The molecule has 1 aliphatic heterocycles. The summed E-state index contributed by atoms with van der Waals surface area (Å²) in [5.74, 6) is 1.41. The first-order valence-corrected chi connectivity index (χ1v) is 11.3. The van der Waals surface area contributed by atoms with Gasteiger partial charge in [0.1, 0.15) is 11.2 Å². The molecule has 0 saturated carbocycles. The number of methoxy groups -OCH3 is 1. The van der Waals surface area contributed by atoms with Gasteiger partial charge in [-0.1, -0.05) is 35.9 Å². The summed E-state index contributed by atoms with van der Waals surface area (Å²) in [5, 5.41) is 9.89. The second-order valence-electron chi connectivity index (χ2n) is 7.11. The topological polar surface area (TPSA) is 79.5 Å². The Bertz CT molecular complexity index is 863. The average Bonchev–Trinajstić information content (AvgIpc) is 2.72. The highest BCUT2D eigenvalue weighted by atomic mass is 35.5. The highest BCUT2D eigenvalue weighted by Gasteiger charge is 2.27. The molecule has 2 aromatic rings.